The van der Waals surface area contributed by atoms with Crippen molar-refractivity contribution < 1.29 is 4.32 Å². The molecule has 34 valence electrons. The van der Waals surface area contributed by atoms with E-state index >= 15 is 0 Å². The fourth-order valence-electron chi connectivity index (χ4n) is 0.332. The van der Waals surface area contributed by atoms with Crippen LogP contribution in [0.3, 0.4) is 0 Å². The van der Waals surface area contributed by atoms with Crippen molar-refractivity contribution in [2.24, 2.45) is 0 Å². The quantitative estimate of drug-likeness (QED) is 0.299. The topological polar surface area (TPSA) is 36.1 Å². The molecule has 1 rings (SSSR count). The summed E-state index contributed by atoms with van der Waals surface area (Å²) in [5, 5.41) is 7.28. The van der Waals surface area contributed by atoms with Gasteiger partial charge in [-0.1, -0.05) is 0 Å². The molecule has 0 aromatic heterocycles. The molecule has 1 saturated heterocycles. The average Bonchev–Trinajstić information content (AvgIpc) is 1.69. The number of hydrogen-bond donors (Lipinski definition) is 3. The number of rotatable bonds is 0. The molecule has 0 bridgehead atoms. The van der Waals surface area contributed by atoms with E-state index in [0.717, 1.165) is 0 Å². The Morgan fingerprint density at radius 3 is 2.14 bits per heavy atom. The molecule has 0 atom stereocenters. The summed E-state index contributed by atoms with van der Waals surface area (Å²) in [5.41, 5.74) is 0. The highest BCUT2D eigenvalue weighted by molar-refractivity contribution is 6.71. The van der Waals surface area contributed by atoms with Crippen LogP contribution in [0.15, 0.2) is 0 Å². The minimum absolute atomic E-state index is 1.14. The molecule has 1 fully saturated rings. The molecule has 0 aromatic rings. The van der Waals surface area contributed by atoms with Gasteiger partial charge >= 0.3 is 7.26 Å². The molecule has 3 N–H and O–H groups in total. The molecule has 0 unspecified atom stereocenters. The number of halogens is 1. The van der Waals surface area contributed by atoms with Crippen LogP contribution in [-0.2, 0) is 0 Å². The van der Waals surface area contributed by atoms with Crippen molar-refractivity contribution in [3.63, 3.8) is 0 Å². The van der Waals surface area contributed by atoms with Crippen molar-refractivity contribution in [2.45, 2.75) is 0 Å². The van der Waals surface area contributed by atoms with Crippen molar-refractivity contribution in [1.29, 1.82) is 0 Å². The van der Waals surface area contributed by atoms with Gasteiger partial charge in [0.15, 0.2) is 0 Å². The van der Waals surface area contributed by atoms with Gasteiger partial charge in [0, 0.05) is 0 Å². The van der Waals surface area contributed by atoms with Gasteiger partial charge in [0.1, 0.15) is 0 Å². The highest BCUT2D eigenvalue weighted by atomic mass is 19.1. The van der Waals surface area contributed by atoms with Gasteiger partial charge in [0.05, 0.1) is 0 Å². The normalized spacial score (nSPS) is 20.4. The van der Waals surface area contributed by atoms with E-state index < -0.39 is 7.26 Å². The lowest BCUT2D eigenvalue weighted by Crippen LogP contribution is -2.61. The summed E-state index contributed by atoms with van der Waals surface area (Å²) >= 11 is 0. The molecule has 1 aliphatic heterocycles. The Kier molecular flexibility index (Phi) is 1.73. The molecular formula is H3B3FN3. The van der Waals surface area contributed by atoms with Crippen LogP contribution in [0.5, 0.6) is 0 Å². The lowest BCUT2D eigenvalue weighted by molar-refractivity contribution is 0.791. The number of nitrogens with one attached hydrogen (secondary N) is 3. The maximum atomic E-state index is 11.9. The molecule has 7 heavy (non-hydrogen) atoms. The Morgan fingerprint density at radius 2 is 1.86 bits per heavy atom. The summed E-state index contributed by atoms with van der Waals surface area (Å²) in [6.45, 7) is 0. The Labute approximate surface area is 43.2 Å². The highest BCUT2D eigenvalue weighted by Gasteiger charge is 2.17. The Morgan fingerprint density at radius 1 is 1.29 bits per heavy atom. The van der Waals surface area contributed by atoms with Crippen LogP contribution in [0.1, 0.15) is 0 Å². The smallest absolute Gasteiger partial charge is 0.379 e. The van der Waals surface area contributed by atoms with E-state index in [1.165, 1.54) is 15.1 Å². The van der Waals surface area contributed by atoms with Gasteiger partial charge in [0.2, 0.25) is 0 Å². The van der Waals surface area contributed by atoms with E-state index in [9.17, 15) is 4.32 Å². The fourth-order valence-corrected chi connectivity index (χ4v) is 0.332. The van der Waals surface area contributed by atoms with Crippen LogP contribution < -0.4 is 15.4 Å². The second-order valence-electron chi connectivity index (χ2n) is 1.15. The molecule has 0 spiro atoms. The molecule has 7 heteroatoms. The zero-order valence-corrected chi connectivity index (χ0v) is 3.61. The maximum absolute atomic E-state index is 11.9. The molecule has 1 aliphatic rings. The summed E-state index contributed by atoms with van der Waals surface area (Å²) < 4.78 is 11.9. The summed E-state index contributed by atoms with van der Waals surface area (Å²) in [4.78, 5) is 0. The Balaban J connectivity index is 2.12. The molecular weight excluding hydrogens is 93.5 g/mol. The van der Waals surface area contributed by atoms with E-state index in [-0.39, 0.29) is 0 Å². The van der Waals surface area contributed by atoms with Crippen molar-refractivity contribution in [1.82, 2.24) is 15.4 Å². The van der Waals surface area contributed by atoms with Gasteiger partial charge in [-0.15, -0.1) is 0 Å². The Bertz CT molecular complexity index is 52.1. The van der Waals surface area contributed by atoms with Crippen LogP contribution in [-0.4, -0.2) is 22.4 Å². The van der Waals surface area contributed by atoms with Crippen LogP contribution >= 0.6 is 0 Å². The summed E-state index contributed by atoms with van der Waals surface area (Å²) in [5.74, 6) is 0. The van der Waals surface area contributed by atoms with Crippen LogP contribution in [0.25, 0.3) is 0 Å². The van der Waals surface area contributed by atoms with Gasteiger partial charge in [-0.25, -0.2) is 0 Å². The zero-order chi connectivity index (χ0) is 5.11. The first-order chi connectivity index (χ1) is 3.39. The molecule has 0 saturated carbocycles. The van der Waals surface area contributed by atoms with Gasteiger partial charge in [0.25, 0.3) is 15.1 Å². The SMILES string of the molecule is FB1N[B]N[B]N1. The monoisotopic (exact) mass is 97.1 g/mol. The lowest BCUT2D eigenvalue weighted by Gasteiger charge is -2.11. The van der Waals surface area contributed by atoms with Crippen molar-refractivity contribution >= 4 is 22.4 Å². The third kappa shape index (κ3) is 1.50. The van der Waals surface area contributed by atoms with Gasteiger partial charge in [-0.2, -0.15) is 0 Å². The standard InChI is InChI=1S/B3FH3N3/c4-3-6-1-5-2-7-3/h5-7H. The minimum atomic E-state index is -1.14. The van der Waals surface area contributed by atoms with E-state index in [4.69, 9.17) is 0 Å². The van der Waals surface area contributed by atoms with E-state index in [1.807, 2.05) is 0 Å². The predicted octanol–water partition coefficient (Wildman–Crippen LogP) is -2.21. The molecule has 0 aromatic carbocycles. The van der Waals surface area contributed by atoms with Crippen molar-refractivity contribution in [3.8, 4) is 0 Å². The van der Waals surface area contributed by atoms with E-state index in [0.29, 0.717) is 0 Å². The third-order valence-electron chi connectivity index (χ3n) is 0.626. The van der Waals surface area contributed by atoms with Gasteiger partial charge < -0.3 is 15.4 Å². The predicted molar refractivity (Wildman–Crippen MR) is 27.8 cm³/mol. The molecule has 1 heterocycles. The van der Waals surface area contributed by atoms with Crippen LogP contribution in [0.2, 0.25) is 0 Å². The second kappa shape index (κ2) is 2.35. The average molecular weight is 96.5 g/mol. The van der Waals surface area contributed by atoms with E-state index in [2.05, 4.69) is 15.4 Å². The molecule has 0 amide bonds. The summed E-state index contributed by atoms with van der Waals surface area (Å²) in [6, 6.07) is 0. The first-order valence-electron chi connectivity index (χ1n) is 1.95. The zero-order valence-electron chi connectivity index (χ0n) is 3.61. The van der Waals surface area contributed by atoms with Crippen LogP contribution in [0.4, 0.5) is 4.32 Å². The fraction of sp³-hybridized carbons (Fsp3) is 0. The van der Waals surface area contributed by atoms with Crippen molar-refractivity contribution in [3.05, 3.63) is 0 Å². The van der Waals surface area contributed by atoms with Crippen LogP contribution in [0, 0.1) is 0 Å². The summed E-state index contributed by atoms with van der Waals surface area (Å²) in [6.07, 6.45) is 0. The third-order valence-corrected chi connectivity index (χ3v) is 0.626. The first-order valence-corrected chi connectivity index (χ1v) is 1.95. The lowest BCUT2D eigenvalue weighted by atomic mass is 9.82. The summed E-state index contributed by atoms with van der Waals surface area (Å²) in [7, 11) is 1.70. The second-order valence-corrected chi connectivity index (χ2v) is 1.15. The molecule has 3 nitrogen and oxygen atoms in total. The highest BCUT2D eigenvalue weighted by Crippen LogP contribution is 1.69. The molecule has 2 radical (unpaired) electrons. The Hall–Kier alpha value is 0.00481. The van der Waals surface area contributed by atoms with E-state index in [1.54, 1.807) is 0 Å². The molecule has 0 aliphatic carbocycles. The van der Waals surface area contributed by atoms with Gasteiger partial charge in [-0.3, -0.25) is 4.32 Å². The number of hydrogen-bond acceptors (Lipinski definition) is 3. The largest absolute Gasteiger partial charge is 0.494 e. The first kappa shape index (κ1) is 5.15. The van der Waals surface area contributed by atoms with Crippen molar-refractivity contribution in [2.75, 3.05) is 0 Å². The van der Waals surface area contributed by atoms with Gasteiger partial charge in [-0.05, 0) is 0 Å². The minimum Gasteiger partial charge on any atom is -0.379 e. The maximum Gasteiger partial charge on any atom is 0.494 e.